The van der Waals surface area contributed by atoms with Gasteiger partial charge in [-0.1, -0.05) is 6.07 Å². The molecular weight excluding hydrogens is 178 g/mol. The van der Waals surface area contributed by atoms with Crippen LogP contribution in [-0.4, -0.2) is 24.9 Å². The molecule has 0 aromatic heterocycles. The van der Waals surface area contributed by atoms with Gasteiger partial charge in [-0.15, -0.1) is 0 Å². The molecule has 1 aromatic carbocycles. The number of nitrogens with one attached hydrogen (secondary N) is 1. The lowest BCUT2D eigenvalue weighted by Gasteiger charge is -2.24. The van der Waals surface area contributed by atoms with Crippen LogP contribution in [0.1, 0.15) is 17.2 Å². The molecule has 76 valence electrons. The van der Waals surface area contributed by atoms with E-state index in [2.05, 4.69) is 11.4 Å². The Morgan fingerprint density at radius 1 is 1.43 bits per heavy atom. The molecule has 0 spiro atoms. The van der Waals surface area contributed by atoms with Crippen molar-refractivity contribution in [1.29, 1.82) is 0 Å². The number of aryl methyl sites for hydroxylation is 1. The Balaban J connectivity index is 2.21. The molecule has 1 atom stereocenters. The Kier molecular flexibility index (Phi) is 2.70. The van der Waals surface area contributed by atoms with E-state index in [0.29, 0.717) is 12.4 Å². The van der Waals surface area contributed by atoms with Crippen LogP contribution in [-0.2, 0) is 4.74 Å². The van der Waals surface area contributed by atoms with Crippen molar-refractivity contribution in [2.45, 2.75) is 13.0 Å². The van der Waals surface area contributed by atoms with Gasteiger partial charge >= 0.3 is 0 Å². The zero-order valence-electron chi connectivity index (χ0n) is 8.29. The Morgan fingerprint density at radius 2 is 2.29 bits per heavy atom. The van der Waals surface area contributed by atoms with Crippen LogP contribution >= 0.6 is 0 Å². The number of hydrogen-bond acceptors (Lipinski definition) is 3. The highest BCUT2D eigenvalue weighted by Crippen LogP contribution is 2.22. The average molecular weight is 193 g/mol. The third-order valence-corrected chi connectivity index (χ3v) is 2.41. The number of rotatable bonds is 1. The second-order valence-corrected chi connectivity index (χ2v) is 3.68. The highest BCUT2D eigenvalue weighted by atomic mass is 16.5. The van der Waals surface area contributed by atoms with Crippen molar-refractivity contribution in [3.8, 4) is 5.75 Å². The predicted octanol–water partition coefficient (Wildman–Crippen LogP) is 1.36. The van der Waals surface area contributed by atoms with Crippen LogP contribution in [0.4, 0.5) is 0 Å². The highest BCUT2D eigenvalue weighted by molar-refractivity contribution is 5.34. The largest absolute Gasteiger partial charge is 0.508 e. The van der Waals surface area contributed by atoms with Gasteiger partial charge in [-0.3, -0.25) is 0 Å². The van der Waals surface area contributed by atoms with Gasteiger partial charge in [0.15, 0.2) is 0 Å². The number of phenols is 1. The van der Waals surface area contributed by atoms with E-state index in [9.17, 15) is 5.11 Å². The summed E-state index contributed by atoms with van der Waals surface area (Å²) in [5.74, 6) is 0.326. The van der Waals surface area contributed by atoms with Crippen LogP contribution in [0.15, 0.2) is 18.2 Å². The van der Waals surface area contributed by atoms with Crippen LogP contribution in [0.2, 0.25) is 0 Å². The first-order chi connectivity index (χ1) is 6.75. The lowest BCUT2D eigenvalue weighted by Crippen LogP contribution is -2.34. The molecule has 1 aromatic rings. The molecule has 1 heterocycles. The molecule has 1 aliphatic heterocycles. The summed E-state index contributed by atoms with van der Waals surface area (Å²) in [7, 11) is 0. The van der Waals surface area contributed by atoms with E-state index in [1.165, 1.54) is 0 Å². The average Bonchev–Trinajstić information content (AvgIpc) is 2.18. The quantitative estimate of drug-likeness (QED) is 0.707. The summed E-state index contributed by atoms with van der Waals surface area (Å²) >= 11 is 0. The summed E-state index contributed by atoms with van der Waals surface area (Å²) in [6.45, 7) is 4.31. The van der Waals surface area contributed by atoms with Gasteiger partial charge in [0.1, 0.15) is 5.75 Å². The molecule has 1 fully saturated rings. The number of aromatic hydroxyl groups is 1. The summed E-state index contributed by atoms with van der Waals surface area (Å²) in [6.07, 6.45) is 0. The van der Waals surface area contributed by atoms with Gasteiger partial charge in [-0.25, -0.2) is 0 Å². The fourth-order valence-corrected chi connectivity index (χ4v) is 1.77. The van der Waals surface area contributed by atoms with E-state index in [1.807, 2.05) is 6.92 Å². The smallest absolute Gasteiger partial charge is 0.116 e. The highest BCUT2D eigenvalue weighted by Gasteiger charge is 2.15. The van der Waals surface area contributed by atoms with E-state index < -0.39 is 0 Å². The summed E-state index contributed by atoms with van der Waals surface area (Å²) in [5.41, 5.74) is 2.18. The molecule has 0 saturated carbocycles. The second-order valence-electron chi connectivity index (χ2n) is 3.68. The molecule has 14 heavy (non-hydrogen) atoms. The minimum atomic E-state index is 0.217. The van der Waals surface area contributed by atoms with E-state index in [0.717, 1.165) is 24.3 Å². The lowest BCUT2D eigenvalue weighted by molar-refractivity contribution is 0.0768. The molecule has 0 amide bonds. The zero-order valence-corrected chi connectivity index (χ0v) is 8.29. The van der Waals surface area contributed by atoms with Crippen molar-refractivity contribution < 1.29 is 9.84 Å². The van der Waals surface area contributed by atoms with E-state index in [4.69, 9.17) is 4.74 Å². The van der Waals surface area contributed by atoms with Gasteiger partial charge in [-0.2, -0.15) is 0 Å². The van der Waals surface area contributed by atoms with Crippen LogP contribution in [0.3, 0.4) is 0 Å². The van der Waals surface area contributed by atoms with Crippen molar-refractivity contribution >= 4 is 0 Å². The van der Waals surface area contributed by atoms with Gasteiger partial charge in [-0.05, 0) is 30.2 Å². The molecular formula is C11H15NO2. The van der Waals surface area contributed by atoms with Crippen LogP contribution < -0.4 is 5.32 Å². The maximum absolute atomic E-state index is 9.46. The van der Waals surface area contributed by atoms with Crippen LogP contribution in [0.25, 0.3) is 0 Å². The third kappa shape index (κ3) is 2.05. The number of phenolic OH excluding ortho intramolecular Hbond substituents is 1. The lowest BCUT2D eigenvalue weighted by atomic mass is 10.0. The first-order valence-corrected chi connectivity index (χ1v) is 4.87. The molecule has 0 unspecified atom stereocenters. The van der Waals surface area contributed by atoms with E-state index in [1.54, 1.807) is 12.1 Å². The first-order valence-electron chi connectivity index (χ1n) is 4.87. The summed E-state index contributed by atoms with van der Waals surface area (Å²) < 4.78 is 5.37. The number of morpholine rings is 1. The van der Waals surface area contributed by atoms with Crippen molar-refractivity contribution in [1.82, 2.24) is 5.32 Å². The van der Waals surface area contributed by atoms with Crippen LogP contribution in [0, 0.1) is 6.92 Å². The van der Waals surface area contributed by atoms with E-state index >= 15 is 0 Å². The van der Waals surface area contributed by atoms with Gasteiger partial charge in [0, 0.05) is 6.54 Å². The maximum atomic E-state index is 9.46. The fraction of sp³-hybridized carbons (Fsp3) is 0.455. The molecule has 2 rings (SSSR count). The van der Waals surface area contributed by atoms with E-state index in [-0.39, 0.29) is 6.04 Å². The number of ether oxygens (including phenoxy) is 1. The predicted molar refractivity (Wildman–Crippen MR) is 54.4 cm³/mol. The van der Waals surface area contributed by atoms with Crippen molar-refractivity contribution in [2.24, 2.45) is 0 Å². The minimum absolute atomic E-state index is 0.217. The molecule has 3 heteroatoms. The maximum Gasteiger partial charge on any atom is 0.116 e. The Morgan fingerprint density at radius 3 is 2.93 bits per heavy atom. The minimum Gasteiger partial charge on any atom is -0.508 e. The van der Waals surface area contributed by atoms with Crippen molar-refractivity contribution in [3.63, 3.8) is 0 Å². The van der Waals surface area contributed by atoms with Crippen molar-refractivity contribution in [2.75, 3.05) is 19.8 Å². The standard InChI is InChI=1S/C11H15NO2/c1-8-4-9(6-10(13)5-8)11-7-14-3-2-12-11/h4-6,11-13H,2-3,7H2,1H3/t11-/m1/s1. The van der Waals surface area contributed by atoms with Crippen molar-refractivity contribution in [3.05, 3.63) is 29.3 Å². The van der Waals surface area contributed by atoms with Gasteiger partial charge in [0.2, 0.25) is 0 Å². The summed E-state index contributed by atoms with van der Waals surface area (Å²) in [4.78, 5) is 0. The molecule has 1 aliphatic rings. The fourth-order valence-electron chi connectivity index (χ4n) is 1.77. The first kappa shape index (κ1) is 9.49. The van der Waals surface area contributed by atoms with Gasteiger partial charge in [0.05, 0.1) is 19.3 Å². The zero-order chi connectivity index (χ0) is 9.97. The number of hydrogen-bond donors (Lipinski definition) is 2. The van der Waals surface area contributed by atoms with Gasteiger partial charge < -0.3 is 15.2 Å². The molecule has 3 nitrogen and oxygen atoms in total. The summed E-state index contributed by atoms with van der Waals surface area (Å²) in [6, 6.07) is 5.84. The molecule has 2 N–H and O–H groups in total. The second kappa shape index (κ2) is 3.98. The molecule has 1 saturated heterocycles. The Bertz CT molecular complexity index is 299. The normalized spacial score (nSPS) is 22.2. The monoisotopic (exact) mass is 193 g/mol. The van der Waals surface area contributed by atoms with Gasteiger partial charge in [0.25, 0.3) is 0 Å². The molecule has 0 aliphatic carbocycles. The molecule has 0 radical (unpaired) electrons. The third-order valence-electron chi connectivity index (χ3n) is 2.41. The Labute approximate surface area is 83.7 Å². The topological polar surface area (TPSA) is 41.5 Å². The molecule has 0 bridgehead atoms. The Hall–Kier alpha value is -1.06. The summed E-state index contributed by atoms with van der Waals surface area (Å²) in [5, 5.41) is 12.8. The number of benzene rings is 1. The van der Waals surface area contributed by atoms with Crippen LogP contribution in [0.5, 0.6) is 5.75 Å². The SMILES string of the molecule is Cc1cc(O)cc([C@H]2COCCN2)c1.